The zero-order valence-electron chi connectivity index (χ0n) is 11.5. The lowest BCUT2D eigenvalue weighted by molar-refractivity contribution is -0.122. The standard InChI is InChI=1S/C7H13BrN2O2.C5H12/c1-3-7(8,4-2)5(11)10-6(9)12;1-4-5(2)3/h3-4H2,1-2H3,(H3,9,10,11,12);5H,4H2,1-3H3. The van der Waals surface area contributed by atoms with E-state index in [1.165, 1.54) is 6.42 Å². The molecule has 0 bridgehead atoms. The van der Waals surface area contributed by atoms with Gasteiger partial charge in [0.1, 0.15) is 4.32 Å². The van der Waals surface area contributed by atoms with Crippen LogP contribution in [0.4, 0.5) is 4.79 Å². The van der Waals surface area contributed by atoms with Crippen LogP contribution in [-0.4, -0.2) is 16.3 Å². The van der Waals surface area contributed by atoms with Crippen LogP contribution in [0.2, 0.25) is 0 Å². The lowest BCUT2D eigenvalue weighted by Crippen LogP contribution is -2.46. The summed E-state index contributed by atoms with van der Waals surface area (Å²) in [5, 5.41) is 2.04. The first kappa shape index (κ1) is 18.8. The number of hydrogen-bond donors (Lipinski definition) is 2. The minimum atomic E-state index is -0.814. The summed E-state index contributed by atoms with van der Waals surface area (Å²) >= 11 is 3.26. The molecule has 0 aliphatic rings. The van der Waals surface area contributed by atoms with Crippen molar-refractivity contribution in [1.82, 2.24) is 5.32 Å². The van der Waals surface area contributed by atoms with Crippen molar-refractivity contribution in [2.24, 2.45) is 11.7 Å². The normalized spacial score (nSPS) is 10.5. The van der Waals surface area contributed by atoms with Crippen molar-refractivity contribution in [3.8, 4) is 0 Å². The number of halogens is 1. The molecule has 0 rings (SSSR count). The highest BCUT2D eigenvalue weighted by atomic mass is 79.9. The molecule has 0 atom stereocenters. The van der Waals surface area contributed by atoms with E-state index in [4.69, 9.17) is 5.73 Å². The highest BCUT2D eigenvalue weighted by Gasteiger charge is 2.32. The van der Waals surface area contributed by atoms with E-state index in [1.807, 2.05) is 19.2 Å². The summed E-state index contributed by atoms with van der Waals surface area (Å²) in [7, 11) is 0. The van der Waals surface area contributed by atoms with E-state index in [2.05, 4.69) is 36.7 Å². The van der Waals surface area contributed by atoms with Crippen LogP contribution in [0.15, 0.2) is 0 Å². The minimum absolute atomic E-state index is 0.375. The number of carbonyl (C=O) groups is 2. The van der Waals surface area contributed by atoms with Crippen LogP contribution in [0.1, 0.15) is 53.9 Å². The summed E-state index contributed by atoms with van der Waals surface area (Å²) in [6, 6.07) is -0.814. The van der Waals surface area contributed by atoms with Crippen molar-refractivity contribution < 1.29 is 9.59 Å². The molecule has 0 spiro atoms. The van der Waals surface area contributed by atoms with Gasteiger partial charge in [-0.25, -0.2) is 4.79 Å². The molecule has 0 radical (unpaired) electrons. The third-order valence-electron chi connectivity index (χ3n) is 2.58. The van der Waals surface area contributed by atoms with Crippen molar-refractivity contribution in [2.75, 3.05) is 0 Å². The molecule has 0 heterocycles. The summed E-state index contributed by atoms with van der Waals surface area (Å²) in [6.45, 7) is 10.4. The first-order valence-electron chi connectivity index (χ1n) is 6.03. The molecule has 3 N–H and O–H groups in total. The molecule has 0 saturated heterocycles. The van der Waals surface area contributed by atoms with Gasteiger partial charge in [-0.15, -0.1) is 0 Å². The van der Waals surface area contributed by atoms with Crippen LogP contribution in [0.3, 0.4) is 0 Å². The zero-order chi connectivity index (χ0) is 14.1. The Balaban J connectivity index is 0. The molecular weight excluding hydrogens is 284 g/mol. The monoisotopic (exact) mass is 308 g/mol. The van der Waals surface area contributed by atoms with Crippen molar-refractivity contribution in [3.05, 3.63) is 0 Å². The lowest BCUT2D eigenvalue weighted by Gasteiger charge is -2.21. The van der Waals surface area contributed by atoms with E-state index in [-0.39, 0.29) is 5.91 Å². The molecule has 0 saturated carbocycles. The second-order valence-electron chi connectivity index (χ2n) is 4.29. The lowest BCUT2D eigenvalue weighted by atomic mass is 10.0. The van der Waals surface area contributed by atoms with Gasteiger partial charge in [-0.2, -0.15) is 0 Å². The molecule has 5 heteroatoms. The van der Waals surface area contributed by atoms with Crippen LogP contribution in [0.25, 0.3) is 0 Å². The number of alkyl halides is 1. The number of nitrogens with two attached hydrogens (primary N) is 1. The number of imide groups is 1. The zero-order valence-corrected chi connectivity index (χ0v) is 13.1. The Kier molecular flexibility index (Phi) is 10.4. The molecule has 0 aromatic rings. The first-order valence-corrected chi connectivity index (χ1v) is 6.82. The molecule has 3 amide bonds. The van der Waals surface area contributed by atoms with Gasteiger partial charge in [0.2, 0.25) is 5.91 Å². The fraction of sp³-hybridized carbons (Fsp3) is 0.833. The fourth-order valence-corrected chi connectivity index (χ4v) is 0.894. The molecule has 0 aliphatic carbocycles. The predicted molar refractivity (Wildman–Crippen MR) is 75.1 cm³/mol. The molecular formula is C12H25BrN2O2. The van der Waals surface area contributed by atoms with E-state index in [1.54, 1.807) is 0 Å². The molecule has 4 nitrogen and oxygen atoms in total. The Hall–Kier alpha value is -0.580. The third kappa shape index (κ3) is 9.15. The maximum atomic E-state index is 11.3. The van der Waals surface area contributed by atoms with Gasteiger partial charge in [0.15, 0.2) is 0 Å². The second kappa shape index (κ2) is 9.45. The van der Waals surface area contributed by atoms with E-state index in [0.717, 1.165) is 5.92 Å². The molecule has 0 unspecified atom stereocenters. The molecule has 0 aromatic heterocycles. The number of urea groups is 1. The largest absolute Gasteiger partial charge is 0.351 e. The highest BCUT2D eigenvalue weighted by molar-refractivity contribution is 9.10. The predicted octanol–water partition coefficient (Wildman–Crippen LogP) is 3.19. The summed E-state index contributed by atoms with van der Waals surface area (Å²) in [5.74, 6) is 0.509. The topological polar surface area (TPSA) is 72.2 Å². The van der Waals surface area contributed by atoms with Gasteiger partial charge in [0.25, 0.3) is 0 Å². The van der Waals surface area contributed by atoms with Crippen LogP contribution in [-0.2, 0) is 4.79 Å². The van der Waals surface area contributed by atoms with E-state index >= 15 is 0 Å². The van der Waals surface area contributed by atoms with Gasteiger partial charge in [-0.3, -0.25) is 10.1 Å². The van der Waals surface area contributed by atoms with Crippen LogP contribution >= 0.6 is 15.9 Å². The minimum Gasteiger partial charge on any atom is -0.351 e. The third-order valence-corrected chi connectivity index (χ3v) is 4.06. The fourth-order valence-electron chi connectivity index (χ4n) is 0.795. The van der Waals surface area contributed by atoms with Crippen LogP contribution < -0.4 is 11.1 Å². The van der Waals surface area contributed by atoms with Crippen molar-refractivity contribution in [2.45, 2.75) is 58.2 Å². The molecule has 0 fully saturated rings. The molecule has 0 aliphatic heterocycles. The highest BCUT2D eigenvalue weighted by Crippen LogP contribution is 2.26. The summed E-state index contributed by atoms with van der Waals surface area (Å²) < 4.78 is -0.665. The van der Waals surface area contributed by atoms with E-state index in [9.17, 15) is 9.59 Å². The first-order chi connectivity index (χ1) is 7.73. The van der Waals surface area contributed by atoms with Crippen molar-refractivity contribution in [1.29, 1.82) is 0 Å². The Morgan fingerprint density at radius 2 is 1.59 bits per heavy atom. The number of primary amides is 1. The summed E-state index contributed by atoms with van der Waals surface area (Å²) in [6.07, 6.45) is 2.53. The smallest absolute Gasteiger partial charge is 0.318 e. The van der Waals surface area contributed by atoms with Gasteiger partial charge < -0.3 is 5.73 Å². The number of rotatable bonds is 4. The molecule has 17 heavy (non-hydrogen) atoms. The van der Waals surface area contributed by atoms with Crippen molar-refractivity contribution in [3.63, 3.8) is 0 Å². The van der Waals surface area contributed by atoms with Gasteiger partial charge in [-0.1, -0.05) is 57.0 Å². The Bertz CT molecular complexity index is 239. The van der Waals surface area contributed by atoms with Crippen LogP contribution in [0, 0.1) is 5.92 Å². The van der Waals surface area contributed by atoms with Gasteiger partial charge in [0, 0.05) is 0 Å². The Morgan fingerprint density at radius 1 is 1.24 bits per heavy atom. The Labute approximate surface area is 113 Å². The maximum Gasteiger partial charge on any atom is 0.318 e. The SMILES string of the molecule is CCC(Br)(CC)C(=O)NC(N)=O.CCC(C)C. The van der Waals surface area contributed by atoms with E-state index < -0.39 is 10.4 Å². The summed E-state index contributed by atoms with van der Waals surface area (Å²) in [5.41, 5.74) is 4.81. The number of carbonyl (C=O) groups excluding carboxylic acids is 2. The molecule has 0 aromatic carbocycles. The molecule has 102 valence electrons. The average molecular weight is 309 g/mol. The quantitative estimate of drug-likeness (QED) is 0.783. The number of amides is 3. The van der Waals surface area contributed by atoms with Gasteiger partial charge in [-0.05, 0) is 18.8 Å². The van der Waals surface area contributed by atoms with Crippen molar-refractivity contribution >= 4 is 27.9 Å². The number of hydrogen-bond acceptors (Lipinski definition) is 2. The number of nitrogens with one attached hydrogen (secondary N) is 1. The summed E-state index contributed by atoms with van der Waals surface area (Å²) in [4.78, 5) is 21.6. The second-order valence-corrected chi connectivity index (χ2v) is 5.81. The van der Waals surface area contributed by atoms with E-state index in [0.29, 0.717) is 12.8 Å². The van der Waals surface area contributed by atoms with Crippen LogP contribution in [0.5, 0.6) is 0 Å². The van der Waals surface area contributed by atoms with Gasteiger partial charge in [0.05, 0.1) is 0 Å². The average Bonchev–Trinajstić information content (AvgIpc) is 2.27. The Morgan fingerprint density at radius 3 is 1.76 bits per heavy atom. The van der Waals surface area contributed by atoms with Gasteiger partial charge >= 0.3 is 6.03 Å². The maximum absolute atomic E-state index is 11.3.